The van der Waals surface area contributed by atoms with E-state index in [4.69, 9.17) is 11.6 Å². The number of benzene rings is 3. The third kappa shape index (κ3) is 5.69. The van der Waals surface area contributed by atoms with Crippen LogP contribution in [0.5, 0.6) is 0 Å². The first-order valence-electron chi connectivity index (χ1n) is 9.51. The molecule has 3 rings (SSSR count). The molecule has 0 saturated heterocycles. The smallest absolute Gasteiger partial charge is 0.243 e. The molecule has 0 fully saturated rings. The highest BCUT2D eigenvalue weighted by Crippen LogP contribution is 2.21. The SMILES string of the molecule is Cc1ccc(S(=O)(=O)N(CCc2ccccc2)CC(=O)Nc2ccccc2Cl)cc1. The number of halogens is 1. The fourth-order valence-corrected chi connectivity index (χ4v) is 4.53. The molecule has 0 unspecified atom stereocenters. The van der Waals surface area contributed by atoms with Crippen LogP contribution in [-0.4, -0.2) is 31.7 Å². The summed E-state index contributed by atoms with van der Waals surface area (Å²) >= 11 is 6.10. The van der Waals surface area contributed by atoms with Crippen LogP contribution in [0, 0.1) is 6.92 Å². The van der Waals surface area contributed by atoms with Crippen LogP contribution in [0.25, 0.3) is 0 Å². The lowest BCUT2D eigenvalue weighted by Gasteiger charge is -2.22. The molecular weight excluding hydrogens is 420 g/mol. The topological polar surface area (TPSA) is 66.5 Å². The van der Waals surface area contributed by atoms with Crippen molar-refractivity contribution in [1.82, 2.24) is 4.31 Å². The third-order valence-electron chi connectivity index (χ3n) is 4.62. The third-order valence-corrected chi connectivity index (χ3v) is 6.81. The van der Waals surface area contributed by atoms with Crippen LogP contribution in [0.2, 0.25) is 5.02 Å². The van der Waals surface area contributed by atoms with Crippen molar-refractivity contribution < 1.29 is 13.2 Å². The molecule has 0 saturated carbocycles. The maximum atomic E-state index is 13.2. The van der Waals surface area contributed by atoms with E-state index in [0.29, 0.717) is 17.1 Å². The lowest BCUT2D eigenvalue weighted by molar-refractivity contribution is -0.116. The molecule has 1 amide bonds. The van der Waals surface area contributed by atoms with Crippen molar-refractivity contribution in [3.63, 3.8) is 0 Å². The predicted molar refractivity (Wildman–Crippen MR) is 120 cm³/mol. The molecule has 3 aromatic carbocycles. The summed E-state index contributed by atoms with van der Waals surface area (Å²) in [7, 11) is -3.85. The molecule has 1 N–H and O–H groups in total. The second-order valence-electron chi connectivity index (χ2n) is 6.92. The zero-order valence-electron chi connectivity index (χ0n) is 16.6. The number of carbonyl (C=O) groups excluding carboxylic acids is 1. The summed E-state index contributed by atoms with van der Waals surface area (Å²) in [6.45, 7) is 1.76. The Bertz CT molecular complexity index is 1100. The molecule has 156 valence electrons. The van der Waals surface area contributed by atoms with E-state index in [1.165, 1.54) is 4.31 Å². The van der Waals surface area contributed by atoms with Crippen molar-refractivity contribution in [2.75, 3.05) is 18.4 Å². The van der Waals surface area contributed by atoms with Crippen molar-refractivity contribution in [3.8, 4) is 0 Å². The van der Waals surface area contributed by atoms with E-state index < -0.39 is 15.9 Å². The maximum absolute atomic E-state index is 13.2. The van der Waals surface area contributed by atoms with Crippen molar-refractivity contribution in [2.45, 2.75) is 18.2 Å². The number of carbonyl (C=O) groups is 1. The molecule has 3 aromatic rings. The van der Waals surface area contributed by atoms with Gasteiger partial charge in [-0.25, -0.2) is 8.42 Å². The molecule has 0 radical (unpaired) electrons. The highest BCUT2D eigenvalue weighted by Gasteiger charge is 2.26. The normalized spacial score (nSPS) is 11.4. The Kier molecular flexibility index (Phi) is 7.26. The molecule has 0 heterocycles. The molecule has 0 aliphatic carbocycles. The van der Waals surface area contributed by atoms with Gasteiger partial charge in [0.15, 0.2) is 0 Å². The van der Waals surface area contributed by atoms with Gasteiger partial charge in [0.25, 0.3) is 0 Å². The summed E-state index contributed by atoms with van der Waals surface area (Å²) < 4.78 is 27.7. The molecule has 0 aliphatic heterocycles. The highest BCUT2D eigenvalue weighted by molar-refractivity contribution is 7.89. The van der Waals surface area contributed by atoms with E-state index in [1.807, 2.05) is 37.3 Å². The molecule has 7 heteroatoms. The summed E-state index contributed by atoms with van der Waals surface area (Å²) in [5, 5.41) is 3.09. The molecule has 30 heavy (non-hydrogen) atoms. The van der Waals surface area contributed by atoms with Crippen LogP contribution in [-0.2, 0) is 21.2 Å². The number of hydrogen-bond acceptors (Lipinski definition) is 3. The molecule has 0 aliphatic rings. The van der Waals surface area contributed by atoms with Gasteiger partial charge < -0.3 is 5.32 Å². The minimum absolute atomic E-state index is 0.159. The number of para-hydroxylation sites is 1. The molecule has 5 nitrogen and oxygen atoms in total. The fraction of sp³-hybridized carbons (Fsp3) is 0.174. The molecule has 0 atom stereocenters. The van der Waals surface area contributed by atoms with Gasteiger partial charge >= 0.3 is 0 Å². The Morgan fingerprint density at radius 1 is 0.933 bits per heavy atom. The van der Waals surface area contributed by atoms with Crippen LogP contribution in [0.3, 0.4) is 0 Å². The lowest BCUT2D eigenvalue weighted by Crippen LogP contribution is -2.39. The number of hydrogen-bond donors (Lipinski definition) is 1. The molecule has 0 aromatic heterocycles. The fourth-order valence-electron chi connectivity index (χ4n) is 2.95. The van der Waals surface area contributed by atoms with E-state index in [9.17, 15) is 13.2 Å². The van der Waals surface area contributed by atoms with Gasteiger partial charge in [0, 0.05) is 6.54 Å². The van der Waals surface area contributed by atoms with Crippen molar-refractivity contribution >= 4 is 33.2 Å². The second kappa shape index (κ2) is 9.89. The van der Waals surface area contributed by atoms with Crippen molar-refractivity contribution in [3.05, 3.63) is 95.0 Å². The molecule has 0 bridgehead atoms. The Morgan fingerprint density at radius 2 is 1.57 bits per heavy atom. The number of sulfonamides is 1. The van der Waals surface area contributed by atoms with Gasteiger partial charge in [-0.2, -0.15) is 4.31 Å². The molecular formula is C23H23ClN2O3S. The van der Waals surface area contributed by atoms with Gasteiger partial charge in [-0.1, -0.05) is 71.8 Å². The van der Waals surface area contributed by atoms with Crippen LogP contribution >= 0.6 is 11.6 Å². The standard InChI is InChI=1S/C23H23ClN2O3S/c1-18-11-13-20(14-12-18)30(28,29)26(16-15-19-7-3-2-4-8-19)17-23(27)25-22-10-6-5-9-21(22)24/h2-14H,15-17H2,1H3,(H,25,27). The Hall–Kier alpha value is -2.67. The van der Waals surface area contributed by atoms with Crippen molar-refractivity contribution in [2.24, 2.45) is 0 Å². The number of aryl methyl sites for hydroxylation is 1. The van der Waals surface area contributed by atoms with E-state index in [1.54, 1.807) is 48.5 Å². The zero-order chi connectivity index (χ0) is 21.6. The Morgan fingerprint density at radius 3 is 2.23 bits per heavy atom. The maximum Gasteiger partial charge on any atom is 0.243 e. The molecule has 0 spiro atoms. The van der Waals surface area contributed by atoms with E-state index >= 15 is 0 Å². The summed E-state index contributed by atoms with van der Waals surface area (Å²) in [6.07, 6.45) is 0.491. The minimum Gasteiger partial charge on any atom is -0.324 e. The first kappa shape index (κ1) is 22.0. The van der Waals surface area contributed by atoms with Crippen LogP contribution in [0.15, 0.2) is 83.8 Å². The zero-order valence-corrected chi connectivity index (χ0v) is 18.2. The monoisotopic (exact) mass is 442 g/mol. The lowest BCUT2D eigenvalue weighted by atomic mass is 10.1. The Balaban J connectivity index is 1.82. The minimum atomic E-state index is -3.85. The average molecular weight is 443 g/mol. The van der Waals surface area contributed by atoms with Crippen LogP contribution < -0.4 is 5.32 Å². The van der Waals surface area contributed by atoms with Gasteiger partial charge in [-0.15, -0.1) is 0 Å². The van der Waals surface area contributed by atoms with Crippen LogP contribution in [0.4, 0.5) is 5.69 Å². The highest BCUT2D eigenvalue weighted by atomic mass is 35.5. The van der Waals surface area contributed by atoms with Gasteiger partial charge in [0.2, 0.25) is 15.9 Å². The number of nitrogens with zero attached hydrogens (tertiary/aromatic N) is 1. The van der Waals surface area contributed by atoms with Crippen LogP contribution in [0.1, 0.15) is 11.1 Å². The number of nitrogens with one attached hydrogen (secondary N) is 1. The van der Waals surface area contributed by atoms with Gasteiger partial charge in [0.05, 0.1) is 22.2 Å². The van der Waals surface area contributed by atoms with E-state index in [-0.39, 0.29) is 18.0 Å². The van der Waals surface area contributed by atoms with Gasteiger partial charge in [-0.05, 0) is 43.2 Å². The number of amides is 1. The summed E-state index contributed by atoms with van der Waals surface area (Å²) in [5.41, 5.74) is 2.40. The number of rotatable bonds is 8. The summed E-state index contributed by atoms with van der Waals surface area (Å²) in [6, 6.07) is 23.0. The first-order valence-corrected chi connectivity index (χ1v) is 11.3. The van der Waals surface area contributed by atoms with Gasteiger partial charge in [-0.3, -0.25) is 4.79 Å². The van der Waals surface area contributed by atoms with E-state index in [0.717, 1.165) is 11.1 Å². The average Bonchev–Trinajstić information content (AvgIpc) is 2.74. The largest absolute Gasteiger partial charge is 0.324 e. The van der Waals surface area contributed by atoms with E-state index in [2.05, 4.69) is 5.32 Å². The number of anilines is 1. The quantitative estimate of drug-likeness (QED) is 0.557. The second-order valence-corrected chi connectivity index (χ2v) is 9.26. The summed E-state index contributed by atoms with van der Waals surface area (Å²) in [5.74, 6) is -0.452. The van der Waals surface area contributed by atoms with Crippen molar-refractivity contribution in [1.29, 1.82) is 0 Å². The first-order chi connectivity index (χ1) is 14.4. The predicted octanol–water partition coefficient (Wildman–Crippen LogP) is 4.52. The Labute approximate surface area is 182 Å². The summed E-state index contributed by atoms with van der Waals surface area (Å²) in [4.78, 5) is 12.8. The van der Waals surface area contributed by atoms with Gasteiger partial charge in [0.1, 0.15) is 0 Å².